The van der Waals surface area contributed by atoms with Gasteiger partial charge in [-0.15, -0.1) is 0 Å². The molecular formula is C24H32N4. The number of likely N-dealkylation sites (tertiary alicyclic amines) is 1. The summed E-state index contributed by atoms with van der Waals surface area (Å²) in [6.45, 7) is 11.1. The molecule has 148 valence electrons. The van der Waals surface area contributed by atoms with Crippen LogP contribution in [0.4, 0.5) is 5.69 Å². The summed E-state index contributed by atoms with van der Waals surface area (Å²) in [5.41, 5.74) is 12.8. The van der Waals surface area contributed by atoms with E-state index in [1.54, 1.807) is 0 Å². The average molecular weight is 377 g/mol. The highest BCUT2D eigenvalue weighted by Crippen LogP contribution is 2.30. The van der Waals surface area contributed by atoms with Crippen molar-refractivity contribution < 1.29 is 0 Å². The Hall–Kier alpha value is -2.33. The Labute approximate surface area is 168 Å². The number of pyridine rings is 1. The van der Waals surface area contributed by atoms with Gasteiger partial charge in [-0.1, -0.05) is 51.5 Å². The fourth-order valence-corrected chi connectivity index (χ4v) is 4.20. The first-order chi connectivity index (χ1) is 13.3. The summed E-state index contributed by atoms with van der Waals surface area (Å²) in [5, 5.41) is 0. The summed E-state index contributed by atoms with van der Waals surface area (Å²) in [6, 6.07) is 13.5. The minimum absolute atomic E-state index is 0.151. The second-order valence-corrected chi connectivity index (χ2v) is 9.24. The van der Waals surface area contributed by atoms with Crippen molar-refractivity contribution in [3.8, 4) is 11.3 Å². The molecule has 0 amide bonds. The van der Waals surface area contributed by atoms with Gasteiger partial charge in [0.25, 0.3) is 0 Å². The zero-order valence-corrected chi connectivity index (χ0v) is 17.6. The van der Waals surface area contributed by atoms with E-state index < -0.39 is 0 Å². The second kappa shape index (κ2) is 7.25. The summed E-state index contributed by atoms with van der Waals surface area (Å²) in [4.78, 5) is 7.57. The number of benzene rings is 1. The lowest BCUT2D eigenvalue weighted by atomic mass is 9.86. The Morgan fingerprint density at radius 3 is 2.50 bits per heavy atom. The molecule has 4 heteroatoms. The molecule has 0 bridgehead atoms. The maximum Gasteiger partial charge on any atom is 0.137 e. The molecule has 0 spiro atoms. The van der Waals surface area contributed by atoms with Crippen LogP contribution >= 0.6 is 0 Å². The molecule has 3 heterocycles. The lowest BCUT2D eigenvalue weighted by Crippen LogP contribution is -2.37. The number of imidazole rings is 1. The number of rotatable bonds is 3. The fourth-order valence-electron chi connectivity index (χ4n) is 4.20. The fraction of sp³-hybridized carbons (Fsp3) is 0.458. The van der Waals surface area contributed by atoms with Crippen LogP contribution in [0.5, 0.6) is 0 Å². The molecule has 0 aliphatic carbocycles. The molecule has 1 aromatic carbocycles. The van der Waals surface area contributed by atoms with Gasteiger partial charge in [0.05, 0.1) is 11.4 Å². The van der Waals surface area contributed by atoms with Crippen LogP contribution in [-0.2, 0) is 12.0 Å². The Bertz CT molecular complexity index is 963. The molecule has 4 rings (SSSR count). The number of nitrogen functional groups attached to an aromatic ring is 1. The van der Waals surface area contributed by atoms with Crippen LogP contribution in [0, 0.1) is 0 Å². The molecule has 2 N–H and O–H groups in total. The lowest BCUT2D eigenvalue weighted by molar-refractivity contribution is 0.151. The predicted molar refractivity (Wildman–Crippen MR) is 117 cm³/mol. The SMILES string of the molecule is CC1CCCCN1Cc1c(-c2ccc(C(C)(C)C)cc2)nc2ccc(N)cn12. The molecule has 0 radical (unpaired) electrons. The Balaban J connectivity index is 1.79. The van der Waals surface area contributed by atoms with Crippen LogP contribution in [0.3, 0.4) is 0 Å². The molecule has 3 aromatic rings. The van der Waals surface area contributed by atoms with Gasteiger partial charge >= 0.3 is 0 Å². The van der Waals surface area contributed by atoms with Crippen molar-refractivity contribution in [3.05, 3.63) is 53.9 Å². The molecule has 0 saturated carbocycles. The van der Waals surface area contributed by atoms with Gasteiger partial charge in [-0.25, -0.2) is 4.98 Å². The topological polar surface area (TPSA) is 46.6 Å². The quantitative estimate of drug-likeness (QED) is 0.678. The van der Waals surface area contributed by atoms with Crippen LogP contribution in [0.25, 0.3) is 16.9 Å². The molecule has 2 aromatic heterocycles. The first-order valence-corrected chi connectivity index (χ1v) is 10.4. The molecule has 1 atom stereocenters. The summed E-state index contributed by atoms with van der Waals surface area (Å²) in [7, 11) is 0. The van der Waals surface area contributed by atoms with Gasteiger partial charge in [-0.2, -0.15) is 0 Å². The van der Waals surface area contributed by atoms with Crippen LogP contribution in [-0.4, -0.2) is 26.9 Å². The molecule has 1 unspecified atom stereocenters. The maximum atomic E-state index is 6.11. The number of hydrogen-bond acceptors (Lipinski definition) is 3. The van der Waals surface area contributed by atoms with E-state index in [1.807, 2.05) is 18.3 Å². The minimum Gasteiger partial charge on any atom is -0.398 e. The first-order valence-electron chi connectivity index (χ1n) is 10.4. The van der Waals surface area contributed by atoms with E-state index in [1.165, 1.54) is 36.1 Å². The van der Waals surface area contributed by atoms with Gasteiger partial charge in [-0.05, 0) is 49.4 Å². The van der Waals surface area contributed by atoms with E-state index in [2.05, 4.69) is 61.3 Å². The number of fused-ring (bicyclic) bond motifs is 1. The van der Waals surface area contributed by atoms with Crippen molar-refractivity contribution >= 4 is 11.3 Å². The number of nitrogens with zero attached hydrogens (tertiary/aromatic N) is 3. The van der Waals surface area contributed by atoms with Crippen molar-refractivity contribution in [1.82, 2.24) is 14.3 Å². The number of nitrogens with two attached hydrogens (primary N) is 1. The van der Waals surface area contributed by atoms with Gasteiger partial charge in [0.15, 0.2) is 0 Å². The Morgan fingerprint density at radius 2 is 1.82 bits per heavy atom. The third kappa shape index (κ3) is 3.66. The smallest absolute Gasteiger partial charge is 0.137 e. The number of anilines is 1. The van der Waals surface area contributed by atoms with Crippen molar-refractivity contribution in [2.45, 2.75) is 65.0 Å². The summed E-state index contributed by atoms with van der Waals surface area (Å²) in [6.07, 6.45) is 5.89. The first kappa shape index (κ1) is 19.0. The van der Waals surface area contributed by atoms with E-state index in [9.17, 15) is 0 Å². The monoisotopic (exact) mass is 376 g/mol. The Kier molecular flexibility index (Phi) is 4.92. The van der Waals surface area contributed by atoms with E-state index in [4.69, 9.17) is 10.7 Å². The maximum absolute atomic E-state index is 6.11. The standard InChI is InChI=1S/C24H32N4/c1-17-7-5-6-14-27(17)16-21-23(26-22-13-12-20(25)15-28(21)22)18-8-10-19(11-9-18)24(2,3)4/h8-13,15,17H,5-7,14,16,25H2,1-4H3. The summed E-state index contributed by atoms with van der Waals surface area (Å²) in [5.74, 6) is 0. The van der Waals surface area contributed by atoms with Gasteiger partial charge in [0.1, 0.15) is 5.65 Å². The van der Waals surface area contributed by atoms with Crippen molar-refractivity contribution in [3.63, 3.8) is 0 Å². The second-order valence-electron chi connectivity index (χ2n) is 9.24. The average Bonchev–Trinajstić information content (AvgIpc) is 3.01. The summed E-state index contributed by atoms with van der Waals surface area (Å²) < 4.78 is 2.18. The van der Waals surface area contributed by atoms with Gasteiger partial charge in [0, 0.05) is 30.0 Å². The molecule has 28 heavy (non-hydrogen) atoms. The Morgan fingerprint density at radius 1 is 1.07 bits per heavy atom. The highest BCUT2D eigenvalue weighted by atomic mass is 15.2. The van der Waals surface area contributed by atoms with Gasteiger partial charge in [0.2, 0.25) is 0 Å². The van der Waals surface area contributed by atoms with E-state index in [0.717, 1.165) is 30.1 Å². The van der Waals surface area contributed by atoms with E-state index in [0.29, 0.717) is 6.04 Å². The van der Waals surface area contributed by atoms with Crippen LogP contribution < -0.4 is 5.73 Å². The third-order valence-electron chi connectivity index (χ3n) is 6.06. The lowest BCUT2D eigenvalue weighted by Gasteiger charge is -2.33. The largest absolute Gasteiger partial charge is 0.398 e. The van der Waals surface area contributed by atoms with Crippen molar-refractivity contribution in [2.24, 2.45) is 0 Å². The number of aromatic nitrogens is 2. The number of piperidine rings is 1. The van der Waals surface area contributed by atoms with E-state index in [-0.39, 0.29) is 5.41 Å². The molecule has 1 fully saturated rings. The molecule has 1 saturated heterocycles. The normalized spacial score (nSPS) is 18.6. The molecular weight excluding hydrogens is 344 g/mol. The molecule has 1 aliphatic heterocycles. The van der Waals surface area contributed by atoms with Gasteiger partial charge in [-0.3, -0.25) is 4.90 Å². The zero-order valence-electron chi connectivity index (χ0n) is 17.6. The van der Waals surface area contributed by atoms with E-state index >= 15 is 0 Å². The predicted octanol–water partition coefficient (Wildman–Crippen LogP) is 5.26. The zero-order chi connectivity index (χ0) is 19.9. The molecule has 4 nitrogen and oxygen atoms in total. The van der Waals surface area contributed by atoms with Crippen molar-refractivity contribution in [1.29, 1.82) is 0 Å². The van der Waals surface area contributed by atoms with Crippen LogP contribution in [0.1, 0.15) is 58.2 Å². The van der Waals surface area contributed by atoms with Crippen molar-refractivity contribution in [2.75, 3.05) is 12.3 Å². The number of hydrogen-bond donors (Lipinski definition) is 1. The highest BCUT2D eigenvalue weighted by molar-refractivity contribution is 5.68. The van der Waals surface area contributed by atoms with Crippen LogP contribution in [0.2, 0.25) is 0 Å². The summed E-state index contributed by atoms with van der Waals surface area (Å²) >= 11 is 0. The third-order valence-corrected chi connectivity index (χ3v) is 6.06. The highest BCUT2D eigenvalue weighted by Gasteiger charge is 2.23. The van der Waals surface area contributed by atoms with Gasteiger partial charge < -0.3 is 10.1 Å². The van der Waals surface area contributed by atoms with Crippen LogP contribution in [0.15, 0.2) is 42.6 Å². The molecule has 1 aliphatic rings. The minimum atomic E-state index is 0.151.